The molecule has 2 aromatic heterocycles. The van der Waals surface area contributed by atoms with Gasteiger partial charge in [0.15, 0.2) is 5.13 Å². The van der Waals surface area contributed by atoms with Crippen LogP contribution in [0.25, 0.3) is 11.3 Å². The minimum absolute atomic E-state index is 0.0310. The van der Waals surface area contributed by atoms with Crippen LogP contribution in [0.5, 0.6) is 0 Å². The lowest BCUT2D eigenvalue weighted by atomic mass is 10.1. The second-order valence-electron chi connectivity index (χ2n) is 5.18. The molecule has 0 aliphatic heterocycles. The summed E-state index contributed by atoms with van der Waals surface area (Å²) in [5.74, 6) is -0.0510. The first-order chi connectivity index (χ1) is 9.95. The van der Waals surface area contributed by atoms with Crippen LogP contribution in [0.4, 0.5) is 5.13 Å². The summed E-state index contributed by atoms with van der Waals surface area (Å²) >= 11 is 1.35. The van der Waals surface area contributed by atoms with Crippen LogP contribution in [0.2, 0.25) is 0 Å². The Hall–Kier alpha value is -2.15. The van der Waals surface area contributed by atoms with Crippen molar-refractivity contribution in [1.29, 1.82) is 0 Å². The second kappa shape index (κ2) is 6.53. The zero-order chi connectivity index (χ0) is 15.4. The number of thiazole rings is 1. The molecule has 0 saturated heterocycles. The number of anilines is 1. The fraction of sp³-hybridized carbons (Fsp3) is 0.357. The maximum atomic E-state index is 11.7. The predicted octanol–water partition coefficient (Wildman–Crippen LogP) is 2.61. The highest BCUT2D eigenvalue weighted by atomic mass is 32.1. The van der Waals surface area contributed by atoms with Gasteiger partial charge in [0, 0.05) is 23.6 Å². The van der Waals surface area contributed by atoms with Crippen LogP contribution in [0.15, 0.2) is 17.6 Å². The van der Waals surface area contributed by atoms with Crippen LogP contribution >= 0.6 is 11.3 Å². The number of H-pyrrole nitrogens is 1. The quantitative estimate of drug-likeness (QED) is 0.764. The fourth-order valence-corrected chi connectivity index (χ4v) is 2.49. The highest BCUT2D eigenvalue weighted by Crippen LogP contribution is 2.25. The predicted molar refractivity (Wildman–Crippen MR) is 83.1 cm³/mol. The number of hydrogen-bond donors (Lipinski definition) is 3. The summed E-state index contributed by atoms with van der Waals surface area (Å²) < 4.78 is 0. The molecule has 0 aliphatic rings. The number of aromatic amines is 1. The van der Waals surface area contributed by atoms with Gasteiger partial charge in [-0.1, -0.05) is 13.8 Å². The number of primary amides is 1. The molecule has 7 heteroatoms. The number of nitrogens with two attached hydrogens (primary N) is 1. The van der Waals surface area contributed by atoms with E-state index in [9.17, 15) is 9.59 Å². The van der Waals surface area contributed by atoms with Gasteiger partial charge in [-0.25, -0.2) is 4.98 Å². The molecule has 2 amide bonds. The number of carbonyl (C=O) groups excluding carboxylic acids is 2. The van der Waals surface area contributed by atoms with E-state index in [-0.39, 0.29) is 5.91 Å². The Morgan fingerprint density at radius 3 is 2.86 bits per heavy atom. The van der Waals surface area contributed by atoms with Gasteiger partial charge in [0.25, 0.3) is 5.91 Å². The molecule has 0 unspecified atom stereocenters. The van der Waals surface area contributed by atoms with Crippen LogP contribution in [-0.2, 0) is 4.79 Å². The number of rotatable bonds is 6. The zero-order valence-corrected chi connectivity index (χ0v) is 12.8. The summed E-state index contributed by atoms with van der Waals surface area (Å²) in [5.41, 5.74) is 6.99. The first-order valence-corrected chi connectivity index (χ1v) is 7.57. The van der Waals surface area contributed by atoms with E-state index in [1.165, 1.54) is 11.3 Å². The summed E-state index contributed by atoms with van der Waals surface area (Å²) in [5, 5.41) is 5.17. The van der Waals surface area contributed by atoms with Crippen molar-refractivity contribution in [3.8, 4) is 11.3 Å². The highest BCUT2D eigenvalue weighted by Gasteiger charge is 2.11. The third kappa shape index (κ3) is 4.16. The van der Waals surface area contributed by atoms with E-state index in [1.54, 1.807) is 12.3 Å². The summed E-state index contributed by atoms with van der Waals surface area (Å²) in [7, 11) is 0. The molecule has 21 heavy (non-hydrogen) atoms. The van der Waals surface area contributed by atoms with Crippen molar-refractivity contribution in [3.05, 3.63) is 23.3 Å². The third-order valence-corrected chi connectivity index (χ3v) is 3.70. The Morgan fingerprint density at radius 2 is 2.24 bits per heavy atom. The molecule has 0 atom stereocenters. The molecule has 2 aromatic rings. The number of nitrogens with zero attached hydrogens (tertiary/aromatic N) is 1. The number of aromatic nitrogens is 2. The van der Waals surface area contributed by atoms with E-state index >= 15 is 0 Å². The van der Waals surface area contributed by atoms with Gasteiger partial charge in [0.2, 0.25) is 5.91 Å². The minimum atomic E-state index is -0.515. The monoisotopic (exact) mass is 306 g/mol. The lowest BCUT2D eigenvalue weighted by Crippen LogP contribution is -2.11. The average Bonchev–Trinajstić information content (AvgIpc) is 3.04. The van der Waals surface area contributed by atoms with Crippen LogP contribution in [0, 0.1) is 5.92 Å². The van der Waals surface area contributed by atoms with Gasteiger partial charge in [-0.05, 0) is 18.4 Å². The van der Waals surface area contributed by atoms with Crippen LogP contribution in [0.3, 0.4) is 0 Å². The zero-order valence-electron chi connectivity index (χ0n) is 12.0. The molecule has 2 heterocycles. The molecule has 0 saturated carbocycles. The van der Waals surface area contributed by atoms with E-state index in [4.69, 9.17) is 5.73 Å². The number of amides is 2. The van der Waals surface area contributed by atoms with Crippen LogP contribution in [-0.4, -0.2) is 21.8 Å². The molecule has 0 fully saturated rings. The lowest BCUT2D eigenvalue weighted by Gasteiger charge is -2.03. The first kappa shape index (κ1) is 15.2. The molecule has 0 aliphatic carbocycles. The molecule has 0 spiro atoms. The normalized spacial score (nSPS) is 10.8. The first-order valence-electron chi connectivity index (χ1n) is 6.69. The van der Waals surface area contributed by atoms with Crippen LogP contribution < -0.4 is 11.1 Å². The van der Waals surface area contributed by atoms with Crippen LogP contribution in [0.1, 0.15) is 37.2 Å². The van der Waals surface area contributed by atoms with E-state index in [2.05, 4.69) is 29.1 Å². The minimum Gasteiger partial charge on any atom is -0.364 e. The Labute approximate surface area is 126 Å². The molecule has 2 rings (SSSR count). The number of nitrogens with one attached hydrogen (secondary N) is 2. The second-order valence-corrected chi connectivity index (χ2v) is 6.04. The van der Waals surface area contributed by atoms with E-state index < -0.39 is 5.91 Å². The van der Waals surface area contributed by atoms with Crippen molar-refractivity contribution in [2.24, 2.45) is 11.7 Å². The molecule has 112 valence electrons. The Bertz CT molecular complexity index is 645. The van der Waals surface area contributed by atoms with Crippen molar-refractivity contribution in [2.75, 3.05) is 5.32 Å². The molecular weight excluding hydrogens is 288 g/mol. The molecule has 4 N–H and O–H groups in total. The summed E-state index contributed by atoms with van der Waals surface area (Å²) in [6, 6.07) is 1.64. The van der Waals surface area contributed by atoms with Gasteiger partial charge >= 0.3 is 0 Å². The van der Waals surface area contributed by atoms with Gasteiger partial charge in [-0.3, -0.25) is 9.59 Å². The van der Waals surface area contributed by atoms with Gasteiger partial charge in [0.1, 0.15) is 5.69 Å². The Morgan fingerprint density at radius 1 is 1.48 bits per heavy atom. The van der Waals surface area contributed by atoms with Crippen molar-refractivity contribution in [1.82, 2.24) is 9.97 Å². The van der Waals surface area contributed by atoms with Crippen molar-refractivity contribution < 1.29 is 9.59 Å². The van der Waals surface area contributed by atoms with Gasteiger partial charge in [-0.15, -0.1) is 11.3 Å². The molecule has 0 aromatic carbocycles. The fourth-order valence-electron chi connectivity index (χ4n) is 1.75. The van der Waals surface area contributed by atoms with Crippen molar-refractivity contribution in [3.63, 3.8) is 0 Å². The summed E-state index contributed by atoms with van der Waals surface area (Å²) in [6.45, 7) is 4.16. The smallest absolute Gasteiger partial charge is 0.265 e. The van der Waals surface area contributed by atoms with Crippen molar-refractivity contribution in [2.45, 2.75) is 26.7 Å². The maximum Gasteiger partial charge on any atom is 0.265 e. The van der Waals surface area contributed by atoms with Gasteiger partial charge < -0.3 is 16.0 Å². The summed E-state index contributed by atoms with van der Waals surface area (Å²) in [6.07, 6.45) is 3.01. The van der Waals surface area contributed by atoms with Crippen molar-refractivity contribution >= 4 is 28.3 Å². The number of carbonyl (C=O) groups is 2. The maximum absolute atomic E-state index is 11.7. The number of hydrogen-bond acceptors (Lipinski definition) is 4. The SMILES string of the molecule is CC(C)CCC(=O)Nc1nc(-c2c[nH]c(C(N)=O)c2)cs1. The van der Waals surface area contributed by atoms with Gasteiger partial charge in [-0.2, -0.15) is 0 Å². The summed E-state index contributed by atoms with van der Waals surface area (Å²) in [4.78, 5) is 29.9. The largest absolute Gasteiger partial charge is 0.364 e. The standard InChI is InChI=1S/C14H18N4O2S/c1-8(2)3-4-12(19)18-14-17-11(7-21-14)9-5-10(13(15)20)16-6-9/h5-8,16H,3-4H2,1-2H3,(H2,15,20)(H,17,18,19). The molecule has 0 radical (unpaired) electrons. The van der Waals surface area contributed by atoms with E-state index in [0.29, 0.717) is 28.9 Å². The molecular formula is C14H18N4O2S. The van der Waals surface area contributed by atoms with E-state index in [0.717, 1.165) is 12.0 Å². The molecule has 6 nitrogen and oxygen atoms in total. The lowest BCUT2D eigenvalue weighted by molar-refractivity contribution is -0.116. The highest BCUT2D eigenvalue weighted by molar-refractivity contribution is 7.14. The van der Waals surface area contributed by atoms with E-state index in [1.807, 2.05) is 5.38 Å². The Kier molecular flexibility index (Phi) is 4.74. The van der Waals surface area contributed by atoms with Gasteiger partial charge in [0.05, 0.1) is 5.69 Å². The molecule has 0 bridgehead atoms. The average molecular weight is 306 g/mol. The third-order valence-electron chi connectivity index (χ3n) is 2.94. The Balaban J connectivity index is 2.00. The topological polar surface area (TPSA) is 101 Å².